The summed E-state index contributed by atoms with van der Waals surface area (Å²) >= 11 is 6.14. The van der Waals surface area contributed by atoms with Crippen molar-refractivity contribution in [2.75, 3.05) is 26.3 Å². The summed E-state index contributed by atoms with van der Waals surface area (Å²) in [5, 5.41) is 5.29. The topological polar surface area (TPSA) is 26.2 Å². The molecule has 0 aliphatic heterocycles. The van der Waals surface area contributed by atoms with E-state index in [1.54, 1.807) is 0 Å². The number of hydrogen-bond donors (Lipinski definition) is 1. The van der Waals surface area contributed by atoms with Crippen molar-refractivity contribution in [1.82, 2.24) is 9.88 Å². The Morgan fingerprint density at radius 3 is 3.00 bits per heavy atom. The third kappa shape index (κ3) is 3.25. The molecule has 1 aromatic carbocycles. The number of hydrogen-bond acceptors (Lipinski definition) is 2. The van der Waals surface area contributed by atoms with Crippen molar-refractivity contribution in [3.05, 3.63) is 35.5 Å². The maximum atomic E-state index is 6.14. The van der Waals surface area contributed by atoms with Crippen molar-refractivity contribution in [3.63, 3.8) is 0 Å². The maximum Gasteiger partial charge on any atom is 0.0590 e. The fourth-order valence-corrected chi connectivity index (χ4v) is 2.23. The highest BCUT2D eigenvalue weighted by Gasteiger charge is 2.03. The molecule has 0 fully saturated rings. The van der Waals surface area contributed by atoms with Gasteiger partial charge in [0, 0.05) is 48.4 Å². The number of aromatic nitrogens is 1. The number of nitrogens with one attached hydrogen (secondary N) is 1. The van der Waals surface area contributed by atoms with Gasteiger partial charge in [0.05, 0.1) is 6.61 Å². The Kier molecular flexibility index (Phi) is 5.05. The molecule has 1 heterocycles. The summed E-state index contributed by atoms with van der Waals surface area (Å²) < 4.78 is 7.49. The number of benzene rings is 1. The Bertz CT molecular complexity index is 495. The van der Waals surface area contributed by atoms with E-state index in [1.807, 2.05) is 19.1 Å². The molecule has 98 valence electrons. The molecule has 0 atom stereocenters. The van der Waals surface area contributed by atoms with Crippen LogP contribution >= 0.6 is 11.6 Å². The summed E-state index contributed by atoms with van der Waals surface area (Å²) in [6.45, 7) is 6.33. The Labute approximate surface area is 113 Å². The smallest absolute Gasteiger partial charge is 0.0590 e. The quantitative estimate of drug-likeness (QED) is 0.780. The van der Waals surface area contributed by atoms with E-state index >= 15 is 0 Å². The molecular formula is C14H19ClN2O. The van der Waals surface area contributed by atoms with Gasteiger partial charge in [-0.1, -0.05) is 17.7 Å². The van der Waals surface area contributed by atoms with Crippen molar-refractivity contribution in [2.24, 2.45) is 0 Å². The zero-order valence-corrected chi connectivity index (χ0v) is 11.4. The van der Waals surface area contributed by atoms with Gasteiger partial charge in [0.2, 0.25) is 0 Å². The Balaban J connectivity index is 1.86. The van der Waals surface area contributed by atoms with E-state index in [9.17, 15) is 0 Å². The van der Waals surface area contributed by atoms with E-state index in [0.717, 1.165) is 43.3 Å². The number of rotatable bonds is 7. The van der Waals surface area contributed by atoms with E-state index < -0.39 is 0 Å². The van der Waals surface area contributed by atoms with Crippen LogP contribution in [0.15, 0.2) is 30.5 Å². The van der Waals surface area contributed by atoms with Gasteiger partial charge in [-0.25, -0.2) is 0 Å². The minimum Gasteiger partial charge on any atom is -0.380 e. The fraction of sp³-hybridized carbons (Fsp3) is 0.429. The van der Waals surface area contributed by atoms with Crippen LogP contribution in [0.1, 0.15) is 6.92 Å². The van der Waals surface area contributed by atoms with Gasteiger partial charge in [-0.2, -0.15) is 0 Å². The zero-order valence-electron chi connectivity index (χ0n) is 10.7. The van der Waals surface area contributed by atoms with E-state index in [2.05, 4.69) is 28.2 Å². The van der Waals surface area contributed by atoms with Crippen molar-refractivity contribution in [2.45, 2.75) is 13.5 Å². The van der Waals surface area contributed by atoms with E-state index in [4.69, 9.17) is 16.3 Å². The highest BCUT2D eigenvalue weighted by atomic mass is 35.5. The molecule has 0 radical (unpaired) electrons. The van der Waals surface area contributed by atoms with Gasteiger partial charge >= 0.3 is 0 Å². The van der Waals surface area contributed by atoms with Crippen LogP contribution < -0.4 is 5.32 Å². The minimum atomic E-state index is 0.773. The molecular weight excluding hydrogens is 248 g/mol. The Hall–Kier alpha value is -1.03. The molecule has 0 aliphatic carbocycles. The lowest BCUT2D eigenvalue weighted by molar-refractivity contribution is 0.149. The van der Waals surface area contributed by atoms with Crippen LogP contribution in [0.25, 0.3) is 10.9 Å². The van der Waals surface area contributed by atoms with E-state index in [0.29, 0.717) is 0 Å². The second kappa shape index (κ2) is 6.78. The van der Waals surface area contributed by atoms with Gasteiger partial charge in [-0.15, -0.1) is 0 Å². The van der Waals surface area contributed by atoms with Gasteiger partial charge in [-0.05, 0) is 25.1 Å². The minimum absolute atomic E-state index is 0.773. The standard InChI is InChI=1S/C14H19ClN2O/c1-2-18-11-8-16-7-10-17-9-6-12-13(15)4-3-5-14(12)17/h3-6,9,16H,2,7-8,10-11H2,1H3. The van der Waals surface area contributed by atoms with Crippen LogP contribution in [-0.2, 0) is 11.3 Å². The summed E-state index contributed by atoms with van der Waals surface area (Å²) in [5.41, 5.74) is 1.19. The van der Waals surface area contributed by atoms with Crippen molar-refractivity contribution in [3.8, 4) is 0 Å². The largest absolute Gasteiger partial charge is 0.380 e. The molecule has 0 bridgehead atoms. The lowest BCUT2D eigenvalue weighted by Gasteiger charge is -2.07. The third-order valence-electron chi connectivity index (χ3n) is 2.92. The molecule has 0 saturated heterocycles. The molecule has 0 unspecified atom stereocenters. The summed E-state index contributed by atoms with van der Waals surface area (Å²) in [7, 11) is 0. The molecule has 2 aromatic rings. The molecule has 1 aromatic heterocycles. The lowest BCUT2D eigenvalue weighted by atomic mass is 10.2. The van der Waals surface area contributed by atoms with Gasteiger partial charge in [-0.3, -0.25) is 0 Å². The van der Waals surface area contributed by atoms with Gasteiger partial charge in [0.25, 0.3) is 0 Å². The average molecular weight is 267 g/mol. The highest BCUT2D eigenvalue weighted by molar-refractivity contribution is 6.35. The van der Waals surface area contributed by atoms with Crippen LogP contribution in [0, 0.1) is 0 Å². The SMILES string of the molecule is CCOCCNCCn1ccc2c(Cl)cccc21. The third-order valence-corrected chi connectivity index (χ3v) is 3.25. The summed E-state index contributed by atoms with van der Waals surface area (Å²) in [4.78, 5) is 0. The first kappa shape index (κ1) is 13.4. The number of nitrogens with zero attached hydrogens (tertiary/aromatic N) is 1. The average Bonchev–Trinajstić information content (AvgIpc) is 2.79. The number of fused-ring (bicyclic) bond motifs is 1. The fourth-order valence-electron chi connectivity index (χ4n) is 1.99. The number of ether oxygens (including phenoxy) is 1. The molecule has 1 N–H and O–H groups in total. The second-order valence-corrected chi connectivity index (χ2v) is 4.54. The molecule has 3 nitrogen and oxygen atoms in total. The van der Waals surface area contributed by atoms with Gasteiger partial charge < -0.3 is 14.6 Å². The van der Waals surface area contributed by atoms with Crippen molar-refractivity contribution >= 4 is 22.5 Å². The van der Waals surface area contributed by atoms with Crippen LogP contribution in [0.3, 0.4) is 0 Å². The highest BCUT2D eigenvalue weighted by Crippen LogP contribution is 2.23. The van der Waals surface area contributed by atoms with E-state index in [1.165, 1.54) is 5.52 Å². The van der Waals surface area contributed by atoms with Crippen LogP contribution in [-0.4, -0.2) is 30.9 Å². The van der Waals surface area contributed by atoms with Crippen molar-refractivity contribution < 1.29 is 4.74 Å². The second-order valence-electron chi connectivity index (χ2n) is 4.13. The molecule has 0 aliphatic rings. The Morgan fingerprint density at radius 2 is 2.17 bits per heavy atom. The van der Waals surface area contributed by atoms with Gasteiger partial charge in [0.1, 0.15) is 0 Å². The Morgan fingerprint density at radius 1 is 1.28 bits per heavy atom. The molecule has 0 saturated carbocycles. The summed E-state index contributed by atoms with van der Waals surface area (Å²) in [6.07, 6.45) is 2.08. The molecule has 0 amide bonds. The monoisotopic (exact) mass is 266 g/mol. The predicted octanol–water partition coefficient (Wildman–Crippen LogP) is 2.92. The molecule has 0 spiro atoms. The first-order valence-electron chi connectivity index (χ1n) is 6.34. The zero-order chi connectivity index (χ0) is 12.8. The molecule has 18 heavy (non-hydrogen) atoms. The first-order chi connectivity index (χ1) is 8.83. The molecule has 4 heteroatoms. The summed E-state index contributed by atoms with van der Waals surface area (Å²) in [5.74, 6) is 0. The number of halogens is 1. The maximum absolute atomic E-state index is 6.14. The van der Waals surface area contributed by atoms with Crippen LogP contribution in [0.5, 0.6) is 0 Å². The lowest BCUT2D eigenvalue weighted by Crippen LogP contribution is -2.23. The summed E-state index contributed by atoms with van der Waals surface area (Å²) in [6, 6.07) is 8.08. The van der Waals surface area contributed by atoms with E-state index in [-0.39, 0.29) is 0 Å². The van der Waals surface area contributed by atoms with Gasteiger partial charge in [0.15, 0.2) is 0 Å². The first-order valence-corrected chi connectivity index (χ1v) is 6.72. The van der Waals surface area contributed by atoms with Crippen LogP contribution in [0.2, 0.25) is 5.02 Å². The van der Waals surface area contributed by atoms with Crippen molar-refractivity contribution in [1.29, 1.82) is 0 Å². The normalized spacial score (nSPS) is 11.2. The van der Waals surface area contributed by atoms with Crippen LogP contribution in [0.4, 0.5) is 0 Å². The predicted molar refractivity (Wildman–Crippen MR) is 76.3 cm³/mol. The molecule has 2 rings (SSSR count).